The van der Waals surface area contributed by atoms with E-state index in [1.165, 1.54) is 13.8 Å². The fourth-order valence-electron chi connectivity index (χ4n) is 1.10. The highest BCUT2D eigenvalue weighted by atomic mass is 32.2. The predicted octanol–water partition coefficient (Wildman–Crippen LogP) is -0.442. The predicted molar refractivity (Wildman–Crippen MR) is 77.3 cm³/mol. The van der Waals surface area contributed by atoms with E-state index in [0.29, 0.717) is 0 Å². The van der Waals surface area contributed by atoms with E-state index in [4.69, 9.17) is 9.84 Å². The van der Waals surface area contributed by atoms with Gasteiger partial charge in [-0.05, 0) is 27.7 Å². The third-order valence-corrected chi connectivity index (χ3v) is 3.85. The van der Waals surface area contributed by atoms with Crippen molar-refractivity contribution in [1.82, 2.24) is 10.0 Å². The van der Waals surface area contributed by atoms with Crippen molar-refractivity contribution in [2.24, 2.45) is 5.41 Å². The number of carboxylic acid groups (broad SMARTS) is 1. The Morgan fingerprint density at radius 3 is 2.33 bits per heavy atom. The molecule has 0 saturated carbocycles. The van der Waals surface area contributed by atoms with Gasteiger partial charge in [0, 0.05) is 6.54 Å². The van der Waals surface area contributed by atoms with Gasteiger partial charge in [0.15, 0.2) is 0 Å². The molecule has 0 saturated heterocycles. The minimum atomic E-state index is -3.59. The summed E-state index contributed by atoms with van der Waals surface area (Å²) in [5.41, 5.74) is -1.11. The summed E-state index contributed by atoms with van der Waals surface area (Å²) < 4.78 is 30.4. The molecular weight excluding hydrogens is 300 g/mol. The van der Waals surface area contributed by atoms with Crippen LogP contribution >= 0.6 is 0 Å². The summed E-state index contributed by atoms with van der Waals surface area (Å²) >= 11 is 0. The monoisotopic (exact) mass is 324 g/mol. The van der Waals surface area contributed by atoms with Crippen molar-refractivity contribution in [2.75, 3.05) is 25.4 Å². The number of hydrogen-bond donors (Lipinski definition) is 3. The first kappa shape index (κ1) is 19.8. The number of ether oxygens (including phenoxy) is 1. The quantitative estimate of drug-likeness (QED) is 0.501. The molecular formula is C12H24N2O6S. The van der Waals surface area contributed by atoms with Crippen LogP contribution in [-0.4, -0.2) is 57.0 Å². The zero-order valence-electron chi connectivity index (χ0n) is 12.8. The van der Waals surface area contributed by atoms with Gasteiger partial charge in [0.1, 0.15) is 0 Å². The first-order valence-corrected chi connectivity index (χ1v) is 8.20. The second-order valence-corrected chi connectivity index (χ2v) is 7.45. The summed E-state index contributed by atoms with van der Waals surface area (Å²) in [7, 11) is -3.59. The maximum Gasteiger partial charge on any atom is 0.310 e. The average Bonchev–Trinajstić information content (AvgIpc) is 2.33. The number of sulfonamides is 1. The van der Waals surface area contributed by atoms with Crippen LogP contribution in [0.25, 0.3) is 0 Å². The highest BCUT2D eigenvalue weighted by Crippen LogP contribution is 2.12. The molecule has 0 aromatic carbocycles. The van der Waals surface area contributed by atoms with Crippen LogP contribution in [0.5, 0.6) is 0 Å². The fraction of sp³-hybridized carbons (Fsp3) is 0.833. The third kappa shape index (κ3) is 9.38. The van der Waals surface area contributed by atoms with E-state index in [9.17, 15) is 18.0 Å². The van der Waals surface area contributed by atoms with Crippen LogP contribution in [0.2, 0.25) is 0 Å². The molecule has 0 aliphatic carbocycles. The van der Waals surface area contributed by atoms with Gasteiger partial charge >= 0.3 is 5.97 Å². The van der Waals surface area contributed by atoms with Crippen molar-refractivity contribution in [3.8, 4) is 0 Å². The lowest BCUT2D eigenvalue weighted by molar-refractivity contribution is -0.146. The molecule has 124 valence electrons. The Bertz CT molecular complexity index is 458. The molecule has 9 heteroatoms. The molecule has 0 atom stereocenters. The van der Waals surface area contributed by atoms with E-state index < -0.39 is 33.9 Å². The van der Waals surface area contributed by atoms with Gasteiger partial charge in [-0.2, -0.15) is 0 Å². The van der Waals surface area contributed by atoms with Gasteiger partial charge in [0.2, 0.25) is 15.9 Å². The summed E-state index contributed by atoms with van der Waals surface area (Å²) in [6.45, 7) is 6.03. The van der Waals surface area contributed by atoms with E-state index in [0.717, 1.165) is 0 Å². The molecule has 1 amide bonds. The number of amides is 1. The van der Waals surface area contributed by atoms with Gasteiger partial charge in [0.05, 0.1) is 30.4 Å². The first-order valence-electron chi connectivity index (χ1n) is 6.55. The Hall–Kier alpha value is -1.19. The van der Waals surface area contributed by atoms with Gasteiger partial charge in [-0.25, -0.2) is 13.1 Å². The van der Waals surface area contributed by atoms with E-state index in [1.807, 2.05) is 0 Å². The molecule has 0 spiro atoms. The number of carboxylic acids is 1. The zero-order chi connectivity index (χ0) is 16.7. The largest absolute Gasteiger partial charge is 0.481 e. The van der Waals surface area contributed by atoms with E-state index >= 15 is 0 Å². The van der Waals surface area contributed by atoms with Crippen molar-refractivity contribution in [2.45, 2.75) is 33.8 Å². The maximum atomic E-state index is 11.6. The molecule has 0 radical (unpaired) electrons. The Morgan fingerprint density at radius 1 is 1.29 bits per heavy atom. The molecule has 0 unspecified atom stereocenters. The second-order valence-electron chi connectivity index (χ2n) is 5.53. The molecule has 0 bridgehead atoms. The van der Waals surface area contributed by atoms with E-state index in [1.54, 1.807) is 13.8 Å². The number of carbonyl (C=O) groups is 2. The smallest absolute Gasteiger partial charge is 0.310 e. The lowest BCUT2D eigenvalue weighted by Crippen LogP contribution is -2.43. The van der Waals surface area contributed by atoms with Crippen molar-refractivity contribution in [1.29, 1.82) is 0 Å². The highest BCUT2D eigenvalue weighted by molar-refractivity contribution is 7.89. The normalized spacial score (nSPS) is 12.4. The van der Waals surface area contributed by atoms with E-state index in [2.05, 4.69) is 10.0 Å². The van der Waals surface area contributed by atoms with Crippen LogP contribution < -0.4 is 10.0 Å². The van der Waals surface area contributed by atoms with Gasteiger partial charge in [-0.1, -0.05) is 0 Å². The minimum Gasteiger partial charge on any atom is -0.481 e. The molecule has 0 fully saturated rings. The number of aliphatic carboxylic acids is 1. The molecule has 0 aromatic rings. The molecule has 0 aliphatic heterocycles. The maximum absolute atomic E-state index is 11.6. The highest BCUT2D eigenvalue weighted by Gasteiger charge is 2.27. The van der Waals surface area contributed by atoms with Crippen molar-refractivity contribution >= 4 is 21.9 Å². The summed E-state index contributed by atoms with van der Waals surface area (Å²) in [6, 6.07) is 0. The minimum absolute atomic E-state index is 0.0423. The standard InChI is InChI=1S/C12H24N2O6S/c1-9(2)20-5-6-21(18,19)14-7-10(15)13-8-12(3,4)11(16)17/h9,14H,5-8H2,1-4H3,(H,13,15)(H,16,17). The third-order valence-electron chi connectivity index (χ3n) is 2.56. The van der Waals surface area contributed by atoms with Crippen LogP contribution in [0.15, 0.2) is 0 Å². The number of nitrogens with one attached hydrogen (secondary N) is 2. The molecule has 3 N–H and O–H groups in total. The van der Waals surface area contributed by atoms with Crippen molar-refractivity contribution < 1.29 is 27.9 Å². The van der Waals surface area contributed by atoms with Crippen LogP contribution in [0.4, 0.5) is 0 Å². The lowest BCUT2D eigenvalue weighted by atomic mass is 9.94. The molecule has 0 aromatic heterocycles. The van der Waals surface area contributed by atoms with Gasteiger partial charge < -0.3 is 15.2 Å². The molecule has 0 rings (SSSR count). The topological polar surface area (TPSA) is 122 Å². The Morgan fingerprint density at radius 2 is 1.86 bits per heavy atom. The molecule has 0 heterocycles. The number of rotatable bonds is 10. The number of carbonyl (C=O) groups excluding carboxylic acids is 1. The Balaban J connectivity index is 4.10. The zero-order valence-corrected chi connectivity index (χ0v) is 13.6. The summed E-state index contributed by atoms with van der Waals surface area (Å²) in [5, 5.41) is 11.3. The Kier molecular flexibility index (Phi) is 7.83. The summed E-state index contributed by atoms with van der Waals surface area (Å²) in [4.78, 5) is 22.3. The van der Waals surface area contributed by atoms with Gasteiger partial charge in [-0.15, -0.1) is 0 Å². The van der Waals surface area contributed by atoms with Crippen LogP contribution in [-0.2, 0) is 24.3 Å². The van der Waals surface area contributed by atoms with Crippen LogP contribution in [0.3, 0.4) is 0 Å². The first-order chi connectivity index (χ1) is 9.46. The van der Waals surface area contributed by atoms with Crippen molar-refractivity contribution in [3.05, 3.63) is 0 Å². The molecule has 21 heavy (non-hydrogen) atoms. The van der Waals surface area contributed by atoms with Crippen LogP contribution in [0, 0.1) is 5.41 Å². The summed E-state index contributed by atoms with van der Waals surface area (Å²) in [6.07, 6.45) is -0.0678. The molecule has 8 nitrogen and oxygen atoms in total. The van der Waals surface area contributed by atoms with Gasteiger partial charge in [0.25, 0.3) is 0 Å². The van der Waals surface area contributed by atoms with Crippen molar-refractivity contribution in [3.63, 3.8) is 0 Å². The summed E-state index contributed by atoms with van der Waals surface area (Å²) in [5.74, 6) is -1.87. The van der Waals surface area contributed by atoms with Crippen LogP contribution in [0.1, 0.15) is 27.7 Å². The SMILES string of the molecule is CC(C)OCCS(=O)(=O)NCC(=O)NCC(C)(C)C(=O)O. The average molecular weight is 324 g/mol. The lowest BCUT2D eigenvalue weighted by Gasteiger charge is -2.19. The van der Waals surface area contributed by atoms with Gasteiger partial charge in [-0.3, -0.25) is 9.59 Å². The second kappa shape index (κ2) is 8.30. The van der Waals surface area contributed by atoms with E-state index in [-0.39, 0.29) is 25.0 Å². The number of hydrogen-bond acceptors (Lipinski definition) is 5. The Labute approximate surface area is 125 Å². The fourth-order valence-corrected chi connectivity index (χ4v) is 1.91. The molecule has 0 aliphatic rings.